The zero-order valence-corrected chi connectivity index (χ0v) is 10.9. The van der Waals surface area contributed by atoms with Crippen LogP contribution in [0.5, 0.6) is 5.75 Å². The maximum absolute atomic E-state index is 11.4. The summed E-state index contributed by atoms with van der Waals surface area (Å²) in [7, 11) is 0. The van der Waals surface area contributed by atoms with Crippen molar-refractivity contribution in [1.82, 2.24) is 4.90 Å². The number of hydrogen-bond donors (Lipinski definition) is 1. The van der Waals surface area contributed by atoms with Crippen LogP contribution in [-0.2, 0) is 4.79 Å². The van der Waals surface area contributed by atoms with E-state index in [2.05, 4.69) is 18.7 Å². The molecule has 18 heavy (non-hydrogen) atoms. The van der Waals surface area contributed by atoms with Gasteiger partial charge in [-0.1, -0.05) is 18.2 Å². The van der Waals surface area contributed by atoms with Crippen molar-refractivity contribution < 1.29 is 9.53 Å². The van der Waals surface area contributed by atoms with E-state index in [1.807, 2.05) is 30.3 Å². The van der Waals surface area contributed by atoms with Gasteiger partial charge in [0.05, 0.1) is 6.04 Å². The fourth-order valence-electron chi connectivity index (χ4n) is 2.45. The van der Waals surface area contributed by atoms with Gasteiger partial charge in [0.15, 0.2) is 0 Å². The first-order chi connectivity index (χ1) is 8.58. The number of primary amides is 1. The van der Waals surface area contributed by atoms with Crippen LogP contribution in [0, 0.1) is 0 Å². The molecule has 0 aliphatic carbocycles. The molecule has 2 rings (SSSR count). The Hall–Kier alpha value is -1.55. The Morgan fingerprint density at radius 2 is 2.06 bits per heavy atom. The summed E-state index contributed by atoms with van der Waals surface area (Å²) in [6.45, 7) is 4.89. The quantitative estimate of drug-likeness (QED) is 0.876. The minimum absolute atomic E-state index is 0.0345. The van der Waals surface area contributed by atoms with E-state index in [9.17, 15) is 4.79 Å². The molecule has 1 aliphatic rings. The smallest absolute Gasteiger partial charge is 0.234 e. The molecular weight excluding hydrogens is 228 g/mol. The average molecular weight is 248 g/mol. The predicted octanol–water partition coefficient (Wildman–Crippen LogP) is 1.40. The molecule has 4 nitrogen and oxygen atoms in total. The second-order valence-electron chi connectivity index (χ2n) is 5.00. The molecule has 4 heteroatoms. The molecule has 0 unspecified atom stereocenters. The fourth-order valence-corrected chi connectivity index (χ4v) is 2.45. The number of likely N-dealkylation sites (tertiary alicyclic amines) is 1. The summed E-state index contributed by atoms with van der Waals surface area (Å²) < 4.78 is 5.89. The van der Waals surface area contributed by atoms with Gasteiger partial charge in [-0.05, 0) is 26.0 Å². The maximum atomic E-state index is 11.4. The van der Waals surface area contributed by atoms with Crippen LogP contribution in [0.3, 0.4) is 0 Å². The van der Waals surface area contributed by atoms with Gasteiger partial charge in [-0.15, -0.1) is 0 Å². The maximum Gasteiger partial charge on any atom is 0.234 e. The first-order valence-electron chi connectivity index (χ1n) is 6.34. The van der Waals surface area contributed by atoms with Crippen LogP contribution in [0.4, 0.5) is 0 Å². The molecule has 0 radical (unpaired) electrons. The summed E-state index contributed by atoms with van der Waals surface area (Å²) in [4.78, 5) is 13.5. The lowest BCUT2D eigenvalue weighted by molar-refractivity contribution is -0.122. The fraction of sp³-hybridized carbons (Fsp3) is 0.500. The van der Waals surface area contributed by atoms with Crippen LogP contribution in [0.1, 0.15) is 20.3 Å². The van der Waals surface area contributed by atoms with E-state index in [1.54, 1.807) is 0 Å². The average Bonchev–Trinajstić information content (AvgIpc) is 2.74. The number of nitrogens with zero attached hydrogens (tertiary/aromatic N) is 1. The summed E-state index contributed by atoms with van der Waals surface area (Å²) in [5.74, 6) is 0.583. The predicted molar refractivity (Wildman–Crippen MR) is 70.3 cm³/mol. The van der Waals surface area contributed by atoms with Gasteiger partial charge >= 0.3 is 0 Å². The standard InChI is InChI=1S/C14H20N2O2/c1-10(2)16-9-12(8-13(16)14(15)17)18-11-6-4-3-5-7-11/h3-7,10,12-13H,8-9H2,1-2H3,(H2,15,17)/t12-,13-/m0/s1. The lowest BCUT2D eigenvalue weighted by Gasteiger charge is -2.25. The molecule has 0 aromatic heterocycles. The van der Waals surface area contributed by atoms with Gasteiger partial charge in [0.25, 0.3) is 0 Å². The first kappa shape index (κ1) is 12.9. The molecule has 2 N–H and O–H groups in total. The molecule has 1 aromatic carbocycles. The van der Waals surface area contributed by atoms with Crippen LogP contribution in [0.15, 0.2) is 30.3 Å². The summed E-state index contributed by atoms with van der Waals surface area (Å²) in [6.07, 6.45) is 0.704. The highest BCUT2D eigenvalue weighted by Crippen LogP contribution is 2.24. The van der Waals surface area contributed by atoms with Gasteiger partial charge in [0.2, 0.25) is 5.91 Å². The molecule has 2 atom stereocenters. The topological polar surface area (TPSA) is 55.6 Å². The third-order valence-corrected chi connectivity index (χ3v) is 3.34. The highest BCUT2D eigenvalue weighted by atomic mass is 16.5. The van der Waals surface area contributed by atoms with Crippen molar-refractivity contribution in [1.29, 1.82) is 0 Å². The zero-order valence-electron chi connectivity index (χ0n) is 10.9. The second-order valence-corrected chi connectivity index (χ2v) is 5.00. The molecule has 0 spiro atoms. The Labute approximate surface area is 108 Å². The molecule has 1 saturated heterocycles. The molecule has 1 aromatic rings. The number of carbonyl (C=O) groups is 1. The van der Waals surface area contributed by atoms with E-state index in [-0.39, 0.29) is 18.1 Å². The van der Waals surface area contributed by atoms with Crippen molar-refractivity contribution in [2.45, 2.75) is 38.5 Å². The number of hydrogen-bond acceptors (Lipinski definition) is 3. The Balaban J connectivity index is 2.03. The number of para-hydroxylation sites is 1. The third-order valence-electron chi connectivity index (χ3n) is 3.34. The van der Waals surface area contributed by atoms with Gasteiger partial charge in [-0.3, -0.25) is 9.69 Å². The number of carbonyl (C=O) groups excluding carboxylic acids is 1. The van der Waals surface area contributed by atoms with E-state index in [0.717, 1.165) is 12.3 Å². The molecule has 1 amide bonds. The van der Waals surface area contributed by atoms with Crippen LogP contribution >= 0.6 is 0 Å². The Kier molecular flexibility index (Phi) is 3.87. The van der Waals surface area contributed by atoms with Crippen LogP contribution in [-0.4, -0.2) is 35.5 Å². The van der Waals surface area contributed by atoms with E-state index >= 15 is 0 Å². The van der Waals surface area contributed by atoms with Gasteiger partial charge in [0.1, 0.15) is 11.9 Å². The first-order valence-corrected chi connectivity index (χ1v) is 6.34. The normalized spacial score (nSPS) is 24.4. The lowest BCUT2D eigenvalue weighted by Crippen LogP contribution is -2.43. The largest absolute Gasteiger partial charge is 0.489 e. The number of rotatable bonds is 4. The number of benzene rings is 1. The van der Waals surface area contributed by atoms with Crippen molar-refractivity contribution in [2.75, 3.05) is 6.54 Å². The van der Waals surface area contributed by atoms with Gasteiger partial charge < -0.3 is 10.5 Å². The molecule has 0 saturated carbocycles. The van der Waals surface area contributed by atoms with E-state index in [0.29, 0.717) is 12.5 Å². The summed E-state index contributed by atoms with van der Waals surface area (Å²) in [5.41, 5.74) is 5.45. The third kappa shape index (κ3) is 2.82. The second kappa shape index (κ2) is 5.40. The summed E-state index contributed by atoms with van der Waals surface area (Å²) in [5, 5.41) is 0. The Morgan fingerprint density at radius 3 is 2.56 bits per heavy atom. The van der Waals surface area contributed by atoms with Crippen LogP contribution < -0.4 is 10.5 Å². The number of nitrogens with two attached hydrogens (primary N) is 1. The zero-order chi connectivity index (χ0) is 13.1. The molecule has 98 valence electrons. The van der Waals surface area contributed by atoms with Gasteiger partial charge in [-0.2, -0.15) is 0 Å². The van der Waals surface area contributed by atoms with Crippen molar-refractivity contribution in [2.24, 2.45) is 5.73 Å². The van der Waals surface area contributed by atoms with E-state index in [1.165, 1.54) is 0 Å². The van der Waals surface area contributed by atoms with E-state index < -0.39 is 0 Å². The summed E-state index contributed by atoms with van der Waals surface area (Å²) in [6, 6.07) is 9.78. The highest BCUT2D eigenvalue weighted by molar-refractivity contribution is 5.80. The minimum Gasteiger partial charge on any atom is -0.489 e. The van der Waals surface area contributed by atoms with Crippen molar-refractivity contribution in [3.63, 3.8) is 0 Å². The molecule has 1 heterocycles. The van der Waals surface area contributed by atoms with Gasteiger partial charge in [0, 0.05) is 19.0 Å². The molecular formula is C14H20N2O2. The van der Waals surface area contributed by atoms with Crippen molar-refractivity contribution >= 4 is 5.91 Å². The number of amides is 1. The molecule has 1 fully saturated rings. The van der Waals surface area contributed by atoms with Crippen LogP contribution in [0.2, 0.25) is 0 Å². The van der Waals surface area contributed by atoms with E-state index in [4.69, 9.17) is 10.5 Å². The Morgan fingerprint density at radius 1 is 1.39 bits per heavy atom. The monoisotopic (exact) mass is 248 g/mol. The van der Waals surface area contributed by atoms with Crippen molar-refractivity contribution in [3.05, 3.63) is 30.3 Å². The van der Waals surface area contributed by atoms with Gasteiger partial charge in [-0.25, -0.2) is 0 Å². The van der Waals surface area contributed by atoms with Crippen molar-refractivity contribution in [3.8, 4) is 5.75 Å². The molecule has 0 bridgehead atoms. The highest BCUT2D eigenvalue weighted by Gasteiger charge is 2.38. The molecule has 1 aliphatic heterocycles. The number of ether oxygens (including phenoxy) is 1. The lowest BCUT2D eigenvalue weighted by atomic mass is 10.2. The minimum atomic E-state index is -0.261. The Bertz CT molecular complexity index is 406. The summed E-state index contributed by atoms with van der Waals surface area (Å²) >= 11 is 0. The van der Waals surface area contributed by atoms with Crippen LogP contribution in [0.25, 0.3) is 0 Å². The SMILES string of the molecule is CC(C)N1C[C@@H](Oc2ccccc2)C[C@H]1C(N)=O.